The molecule has 0 bridgehead atoms. The van der Waals surface area contributed by atoms with Crippen LogP contribution in [0.2, 0.25) is 0 Å². The average Bonchev–Trinajstić information content (AvgIpc) is 2.81. The third kappa shape index (κ3) is 2.10. The van der Waals surface area contributed by atoms with Gasteiger partial charge in [0, 0.05) is 17.0 Å². The van der Waals surface area contributed by atoms with E-state index in [0.717, 1.165) is 17.2 Å². The topological polar surface area (TPSA) is 69.2 Å². The summed E-state index contributed by atoms with van der Waals surface area (Å²) in [6.45, 7) is 0. The predicted molar refractivity (Wildman–Crippen MR) is 55.2 cm³/mol. The fourth-order valence-electron chi connectivity index (χ4n) is 1.47. The lowest BCUT2D eigenvalue weighted by Crippen LogP contribution is -2.08. The van der Waals surface area contributed by atoms with Crippen molar-refractivity contribution in [1.29, 1.82) is 0 Å². The van der Waals surface area contributed by atoms with Crippen LogP contribution in [0.1, 0.15) is 30.2 Å². The molecule has 4 nitrogen and oxygen atoms in total. The highest BCUT2D eigenvalue weighted by Gasteiger charge is 2.25. The van der Waals surface area contributed by atoms with Gasteiger partial charge in [-0.15, -0.1) is 0 Å². The monoisotopic (exact) mass is 212 g/mol. The van der Waals surface area contributed by atoms with Gasteiger partial charge >= 0.3 is 5.00 Å². The molecular formula is C9H12N2O2S. The lowest BCUT2D eigenvalue weighted by molar-refractivity contribution is -0.380. The van der Waals surface area contributed by atoms with Gasteiger partial charge in [-0.25, -0.2) is 0 Å². The molecule has 0 saturated heterocycles. The van der Waals surface area contributed by atoms with Crippen LogP contribution < -0.4 is 5.73 Å². The first kappa shape index (κ1) is 9.61. The second-order valence-corrected chi connectivity index (χ2v) is 4.81. The molecule has 5 heteroatoms. The van der Waals surface area contributed by atoms with E-state index in [1.807, 2.05) is 0 Å². The van der Waals surface area contributed by atoms with E-state index < -0.39 is 0 Å². The number of nitro groups is 1. The molecule has 1 fully saturated rings. The molecule has 1 heterocycles. The van der Waals surface area contributed by atoms with Crippen molar-refractivity contribution in [3.63, 3.8) is 0 Å². The van der Waals surface area contributed by atoms with Gasteiger partial charge in [0.25, 0.3) is 0 Å². The summed E-state index contributed by atoms with van der Waals surface area (Å²) in [5, 5.41) is 10.6. The SMILES string of the molecule is N[C@@H](CC1CC1)c1ccc([N+](=O)[O-])s1. The highest BCUT2D eigenvalue weighted by atomic mass is 32.1. The Kier molecular flexibility index (Phi) is 2.52. The first-order chi connectivity index (χ1) is 6.66. The summed E-state index contributed by atoms with van der Waals surface area (Å²) < 4.78 is 0. The molecule has 2 N–H and O–H groups in total. The van der Waals surface area contributed by atoms with Crippen LogP contribution in [0.15, 0.2) is 12.1 Å². The van der Waals surface area contributed by atoms with Gasteiger partial charge in [-0.3, -0.25) is 10.1 Å². The molecule has 1 saturated carbocycles. The van der Waals surface area contributed by atoms with Crippen LogP contribution in [0.5, 0.6) is 0 Å². The van der Waals surface area contributed by atoms with Crippen molar-refractivity contribution in [3.05, 3.63) is 27.1 Å². The molecule has 0 amide bonds. The van der Waals surface area contributed by atoms with Crippen molar-refractivity contribution in [1.82, 2.24) is 0 Å². The quantitative estimate of drug-likeness (QED) is 0.615. The lowest BCUT2D eigenvalue weighted by atomic mass is 10.1. The van der Waals surface area contributed by atoms with E-state index in [1.165, 1.54) is 30.2 Å². The van der Waals surface area contributed by atoms with Crippen molar-refractivity contribution in [2.45, 2.75) is 25.3 Å². The Morgan fingerprint density at radius 2 is 2.36 bits per heavy atom. The third-order valence-corrected chi connectivity index (χ3v) is 3.61. The number of rotatable bonds is 4. The van der Waals surface area contributed by atoms with Crippen LogP contribution >= 0.6 is 11.3 Å². The van der Waals surface area contributed by atoms with E-state index in [4.69, 9.17) is 5.73 Å². The minimum atomic E-state index is -0.363. The molecule has 2 rings (SSSR count). The Balaban J connectivity index is 2.03. The molecule has 1 atom stereocenters. The molecule has 0 radical (unpaired) electrons. The van der Waals surface area contributed by atoms with Crippen LogP contribution in [-0.2, 0) is 0 Å². The molecule has 76 valence electrons. The van der Waals surface area contributed by atoms with Crippen molar-refractivity contribution < 1.29 is 4.92 Å². The predicted octanol–water partition coefficient (Wildman–Crippen LogP) is 2.46. The zero-order chi connectivity index (χ0) is 10.1. The molecule has 1 aromatic heterocycles. The van der Waals surface area contributed by atoms with Gasteiger partial charge in [-0.05, 0) is 18.4 Å². The summed E-state index contributed by atoms with van der Waals surface area (Å²) in [6.07, 6.45) is 3.50. The van der Waals surface area contributed by atoms with Crippen molar-refractivity contribution in [3.8, 4) is 0 Å². The van der Waals surface area contributed by atoms with Crippen molar-refractivity contribution in [2.24, 2.45) is 11.7 Å². The maximum atomic E-state index is 10.4. The smallest absolute Gasteiger partial charge is 0.323 e. The molecule has 0 spiro atoms. The van der Waals surface area contributed by atoms with Gasteiger partial charge in [0.05, 0.1) is 4.92 Å². The fourth-order valence-corrected chi connectivity index (χ4v) is 2.30. The van der Waals surface area contributed by atoms with Gasteiger partial charge in [0.1, 0.15) is 0 Å². The number of hydrogen-bond acceptors (Lipinski definition) is 4. The first-order valence-electron chi connectivity index (χ1n) is 4.66. The van der Waals surface area contributed by atoms with E-state index in [0.29, 0.717) is 0 Å². The van der Waals surface area contributed by atoms with E-state index >= 15 is 0 Å². The van der Waals surface area contributed by atoms with Gasteiger partial charge in [-0.2, -0.15) is 0 Å². The van der Waals surface area contributed by atoms with Gasteiger partial charge < -0.3 is 5.73 Å². The summed E-state index contributed by atoms with van der Waals surface area (Å²) in [5.74, 6) is 0.756. The number of hydrogen-bond donors (Lipinski definition) is 1. The maximum Gasteiger partial charge on any atom is 0.324 e. The summed E-state index contributed by atoms with van der Waals surface area (Å²) in [5.41, 5.74) is 5.94. The van der Waals surface area contributed by atoms with Crippen molar-refractivity contribution in [2.75, 3.05) is 0 Å². The number of nitrogens with zero attached hydrogens (tertiary/aromatic N) is 1. The second-order valence-electron chi connectivity index (χ2n) is 3.72. The molecule has 1 aromatic rings. The van der Waals surface area contributed by atoms with E-state index in [1.54, 1.807) is 6.07 Å². The van der Waals surface area contributed by atoms with Crippen LogP contribution in [-0.4, -0.2) is 4.92 Å². The average molecular weight is 212 g/mol. The van der Waals surface area contributed by atoms with Crippen molar-refractivity contribution >= 4 is 16.3 Å². The molecule has 14 heavy (non-hydrogen) atoms. The molecule has 0 aromatic carbocycles. The standard InChI is InChI=1S/C9H12N2O2S/c10-7(5-6-1-2-6)8-3-4-9(14-8)11(12)13/h3-4,6-7H,1-2,5,10H2/t7-/m0/s1. The molecular weight excluding hydrogens is 200 g/mol. The molecule has 1 aliphatic carbocycles. The lowest BCUT2D eigenvalue weighted by Gasteiger charge is -2.06. The zero-order valence-electron chi connectivity index (χ0n) is 7.68. The third-order valence-electron chi connectivity index (χ3n) is 2.44. The largest absolute Gasteiger partial charge is 0.324 e. The van der Waals surface area contributed by atoms with E-state index in [-0.39, 0.29) is 16.0 Å². The van der Waals surface area contributed by atoms with Gasteiger partial charge in [0.2, 0.25) is 0 Å². The Bertz CT molecular complexity index is 346. The van der Waals surface area contributed by atoms with Gasteiger partial charge in [-0.1, -0.05) is 24.2 Å². The molecule has 0 unspecified atom stereocenters. The Labute approximate surface area is 85.9 Å². The second kappa shape index (κ2) is 3.67. The fraction of sp³-hybridized carbons (Fsp3) is 0.556. The van der Waals surface area contributed by atoms with Crippen LogP contribution in [0.3, 0.4) is 0 Å². The molecule has 0 aliphatic heterocycles. The van der Waals surface area contributed by atoms with E-state index in [2.05, 4.69) is 0 Å². The highest BCUT2D eigenvalue weighted by molar-refractivity contribution is 7.15. The highest BCUT2D eigenvalue weighted by Crippen LogP contribution is 2.39. The van der Waals surface area contributed by atoms with Gasteiger partial charge in [0.15, 0.2) is 0 Å². The Morgan fingerprint density at radius 3 is 2.86 bits per heavy atom. The number of nitrogens with two attached hydrogens (primary N) is 1. The maximum absolute atomic E-state index is 10.4. The Hall–Kier alpha value is -0.940. The number of thiophene rings is 1. The zero-order valence-corrected chi connectivity index (χ0v) is 8.50. The first-order valence-corrected chi connectivity index (χ1v) is 5.48. The summed E-state index contributed by atoms with van der Waals surface area (Å²) in [4.78, 5) is 11.0. The van der Waals surface area contributed by atoms with Crippen LogP contribution in [0, 0.1) is 16.0 Å². The van der Waals surface area contributed by atoms with Crippen LogP contribution in [0.25, 0.3) is 0 Å². The van der Waals surface area contributed by atoms with E-state index in [9.17, 15) is 10.1 Å². The van der Waals surface area contributed by atoms with Crippen LogP contribution in [0.4, 0.5) is 5.00 Å². The summed E-state index contributed by atoms with van der Waals surface area (Å²) in [6, 6.07) is 3.30. The normalized spacial score (nSPS) is 18.1. The minimum absolute atomic E-state index is 0.0128. The minimum Gasteiger partial charge on any atom is -0.323 e. The summed E-state index contributed by atoms with van der Waals surface area (Å²) in [7, 11) is 0. The molecule has 1 aliphatic rings. The summed E-state index contributed by atoms with van der Waals surface area (Å²) >= 11 is 1.19. The Morgan fingerprint density at radius 1 is 1.64 bits per heavy atom.